The van der Waals surface area contributed by atoms with Crippen molar-refractivity contribution in [3.8, 4) is 11.5 Å². The number of hydrogen-bond acceptors (Lipinski definition) is 4. The summed E-state index contributed by atoms with van der Waals surface area (Å²) in [6.45, 7) is 4.47. The zero-order chi connectivity index (χ0) is 24.5. The molecule has 2 saturated heterocycles. The molecular formula is C28H28ClN5O2. The Morgan fingerprint density at radius 3 is 2.81 bits per heavy atom. The Bertz CT molecular complexity index is 1390. The number of ether oxygens (including phenoxy) is 1. The fourth-order valence-electron chi connectivity index (χ4n) is 5.42. The third kappa shape index (κ3) is 4.90. The maximum absolute atomic E-state index is 13.0. The predicted octanol–water partition coefficient (Wildman–Crippen LogP) is 6.14. The molecule has 0 bridgehead atoms. The maximum atomic E-state index is 13.0. The molecule has 0 radical (unpaired) electrons. The Morgan fingerprint density at radius 2 is 1.92 bits per heavy atom. The van der Waals surface area contributed by atoms with Gasteiger partial charge < -0.3 is 19.9 Å². The van der Waals surface area contributed by atoms with Gasteiger partial charge in [-0.05, 0) is 73.5 Å². The summed E-state index contributed by atoms with van der Waals surface area (Å²) >= 11 is 5.97. The number of aromatic nitrogens is 2. The van der Waals surface area contributed by atoms with E-state index in [0.717, 1.165) is 73.8 Å². The van der Waals surface area contributed by atoms with Crippen LogP contribution in [0.5, 0.6) is 11.5 Å². The number of hydrogen-bond donors (Lipinski definition) is 2. The molecule has 8 heteroatoms. The predicted molar refractivity (Wildman–Crippen MR) is 142 cm³/mol. The number of H-pyrrole nitrogens is 1. The van der Waals surface area contributed by atoms with E-state index < -0.39 is 0 Å². The SMILES string of the molecule is O=C(Nc1cnc2[nH]ccc2c1)N1CCC2(CCN(Cc3cccc(Oc4ccc(Cl)cc4)c3)C2)C1. The highest BCUT2D eigenvalue weighted by atomic mass is 35.5. The van der Waals surface area contributed by atoms with Crippen LogP contribution in [0.2, 0.25) is 5.02 Å². The first-order valence-corrected chi connectivity index (χ1v) is 12.7. The largest absolute Gasteiger partial charge is 0.457 e. The molecule has 6 rings (SSSR count). The number of nitrogens with one attached hydrogen (secondary N) is 2. The van der Waals surface area contributed by atoms with E-state index in [-0.39, 0.29) is 11.4 Å². The van der Waals surface area contributed by atoms with Crippen molar-refractivity contribution in [2.75, 3.05) is 31.5 Å². The molecule has 1 unspecified atom stereocenters. The monoisotopic (exact) mass is 501 g/mol. The fourth-order valence-corrected chi connectivity index (χ4v) is 5.55. The number of amides is 2. The topological polar surface area (TPSA) is 73.5 Å². The molecule has 2 fully saturated rings. The second kappa shape index (κ2) is 9.48. The summed E-state index contributed by atoms with van der Waals surface area (Å²) in [5, 5.41) is 4.71. The molecule has 2 aromatic carbocycles. The van der Waals surface area contributed by atoms with Gasteiger partial charge >= 0.3 is 6.03 Å². The lowest BCUT2D eigenvalue weighted by atomic mass is 9.86. The number of nitrogens with zero attached hydrogens (tertiary/aromatic N) is 3. The molecule has 4 heterocycles. The molecule has 1 atom stereocenters. The Hall–Kier alpha value is -3.55. The van der Waals surface area contributed by atoms with Crippen molar-refractivity contribution in [1.82, 2.24) is 19.8 Å². The lowest BCUT2D eigenvalue weighted by molar-refractivity contribution is 0.210. The number of benzene rings is 2. The van der Waals surface area contributed by atoms with Gasteiger partial charge in [0.25, 0.3) is 0 Å². The van der Waals surface area contributed by atoms with Gasteiger partial charge in [0.2, 0.25) is 0 Å². The van der Waals surface area contributed by atoms with Gasteiger partial charge in [-0.1, -0.05) is 23.7 Å². The minimum absolute atomic E-state index is 0.0472. The first-order valence-electron chi connectivity index (χ1n) is 12.3. The average molecular weight is 502 g/mol. The first-order chi connectivity index (χ1) is 17.5. The summed E-state index contributed by atoms with van der Waals surface area (Å²) in [7, 11) is 0. The Balaban J connectivity index is 1.04. The maximum Gasteiger partial charge on any atom is 0.321 e. The zero-order valence-corrected chi connectivity index (χ0v) is 20.7. The van der Waals surface area contributed by atoms with Crippen LogP contribution in [0, 0.1) is 5.41 Å². The van der Waals surface area contributed by atoms with Gasteiger partial charge in [-0.3, -0.25) is 4.90 Å². The Morgan fingerprint density at radius 1 is 1.06 bits per heavy atom. The first kappa shape index (κ1) is 22.9. The highest BCUT2D eigenvalue weighted by Crippen LogP contribution is 2.40. The van der Waals surface area contributed by atoms with Gasteiger partial charge in [0.05, 0.1) is 11.9 Å². The Kier molecular flexibility index (Phi) is 6.03. The number of carbonyl (C=O) groups excluding carboxylic acids is 1. The van der Waals surface area contributed by atoms with Crippen molar-refractivity contribution in [3.05, 3.63) is 83.6 Å². The summed E-state index contributed by atoms with van der Waals surface area (Å²) in [5.74, 6) is 1.59. The normalized spacial score (nSPS) is 19.9. The van der Waals surface area contributed by atoms with Crippen LogP contribution in [-0.4, -0.2) is 52.0 Å². The molecule has 4 aromatic rings. The van der Waals surface area contributed by atoms with Gasteiger partial charge in [0.15, 0.2) is 0 Å². The molecule has 7 nitrogen and oxygen atoms in total. The molecule has 0 saturated carbocycles. The summed E-state index contributed by atoms with van der Waals surface area (Å²) in [6, 6.07) is 19.5. The molecule has 2 aliphatic rings. The van der Waals surface area contributed by atoms with Crippen LogP contribution in [0.3, 0.4) is 0 Å². The van der Waals surface area contributed by atoms with Crippen LogP contribution in [-0.2, 0) is 6.54 Å². The van der Waals surface area contributed by atoms with Crippen molar-refractivity contribution in [3.63, 3.8) is 0 Å². The summed E-state index contributed by atoms with van der Waals surface area (Å²) in [5.41, 5.74) is 2.93. The molecule has 2 N–H and O–H groups in total. The van der Waals surface area contributed by atoms with E-state index in [1.54, 1.807) is 6.20 Å². The highest BCUT2D eigenvalue weighted by Gasteiger charge is 2.44. The number of anilines is 1. The van der Waals surface area contributed by atoms with E-state index in [1.165, 1.54) is 5.56 Å². The second-order valence-electron chi connectivity index (χ2n) is 9.91. The van der Waals surface area contributed by atoms with Crippen LogP contribution in [0.25, 0.3) is 11.0 Å². The van der Waals surface area contributed by atoms with Gasteiger partial charge in [0.1, 0.15) is 17.1 Å². The highest BCUT2D eigenvalue weighted by molar-refractivity contribution is 6.30. The van der Waals surface area contributed by atoms with Crippen LogP contribution >= 0.6 is 11.6 Å². The van der Waals surface area contributed by atoms with Crippen LogP contribution in [0.1, 0.15) is 18.4 Å². The minimum atomic E-state index is -0.0472. The van der Waals surface area contributed by atoms with Gasteiger partial charge in [0, 0.05) is 48.2 Å². The molecule has 2 aromatic heterocycles. The average Bonchev–Trinajstić information content (AvgIpc) is 3.61. The zero-order valence-electron chi connectivity index (χ0n) is 19.9. The van der Waals surface area contributed by atoms with Crippen molar-refractivity contribution in [2.24, 2.45) is 5.41 Å². The Labute approximate surface area is 215 Å². The molecule has 2 aliphatic heterocycles. The number of urea groups is 1. The van der Waals surface area contributed by atoms with E-state index in [9.17, 15) is 4.79 Å². The van der Waals surface area contributed by atoms with Crippen molar-refractivity contribution >= 4 is 34.4 Å². The van der Waals surface area contributed by atoms with E-state index in [2.05, 4.69) is 32.3 Å². The third-order valence-corrected chi connectivity index (χ3v) is 7.50. The summed E-state index contributed by atoms with van der Waals surface area (Å²) in [4.78, 5) is 24.8. The molecule has 184 valence electrons. The fraction of sp³-hybridized carbons (Fsp3) is 0.286. The van der Waals surface area contributed by atoms with Gasteiger partial charge in [-0.15, -0.1) is 0 Å². The standard InChI is InChI=1S/C28H28ClN5O2/c29-22-4-6-24(7-5-22)36-25-3-1-2-20(14-25)17-33-12-9-28(18-33)10-13-34(19-28)27(35)32-23-15-21-8-11-30-26(21)31-16-23/h1-8,11,14-16H,9-10,12-13,17-19H2,(H,30,31)(H,32,35). The van der Waals surface area contributed by atoms with Crippen molar-refractivity contribution in [1.29, 1.82) is 0 Å². The number of likely N-dealkylation sites (tertiary alicyclic amines) is 2. The van der Waals surface area contributed by atoms with Crippen LogP contribution in [0.15, 0.2) is 73.1 Å². The van der Waals surface area contributed by atoms with E-state index in [4.69, 9.17) is 16.3 Å². The lowest BCUT2D eigenvalue weighted by Gasteiger charge is -2.25. The van der Waals surface area contributed by atoms with Crippen molar-refractivity contribution < 1.29 is 9.53 Å². The summed E-state index contributed by atoms with van der Waals surface area (Å²) in [6.07, 6.45) is 5.69. The van der Waals surface area contributed by atoms with Gasteiger partial charge in [-0.2, -0.15) is 0 Å². The molecule has 2 amide bonds. The molecule has 0 aliphatic carbocycles. The quantitative estimate of drug-likeness (QED) is 0.344. The second-order valence-corrected chi connectivity index (χ2v) is 10.3. The smallest absolute Gasteiger partial charge is 0.321 e. The number of aromatic amines is 1. The molecule has 36 heavy (non-hydrogen) atoms. The number of rotatable bonds is 5. The molecular weight excluding hydrogens is 474 g/mol. The van der Waals surface area contributed by atoms with E-state index in [0.29, 0.717) is 5.02 Å². The number of fused-ring (bicyclic) bond motifs is 1. The number of halogens is 1. The minimum Gasteiger partial charge on any atom is -0.457 e. The lowest BCUT2D eigenvalue weighted by Crippen LogP contribution is -2.36. The van der Waals surface area contributed by atoms with Crippen LogP contribution < -0.4 is 10.1 Å². The molecule has 1 spiro atoms. The van der Waals surface area contributed by atoms with Crippen LogP contribution in [0.4, 0.5) is 10.5 Å². The van der Waals surface area contributed by atoms with Crippen molar-refractivity contribution in [2.45, 2.75) is 19.4 Å². The van der Waals surface area contributed by atoms with E-state index >= 15 is 0 Å². The number of carbonyl (C=O) groups is 1. The van der Waals surface area contributed by atoms with E-state index in [1.807, 2.05) is 59.6 Å². The third-order valence-electron chi connectivity index (χ3n) is 7.25. The van der Waals surface area contributed by atoms with Gasteiger partial charge in [-0.25, -0.2) is 9.78 Å². The summed E-state index contributed by atoms with van der Waals surface area (Å²) < 4.78 is 6.01. The number of pyridine rings is 1.